The maximum Gasteiger partial charge on any atom is 0.0802 e. The van der Waals surface area contributed by atoms with Crippen LogP contribution in [-0.4, -0.2) is 42.1 Å². The van der Waals surface area contributed by atoms with Crippen molar-refractivity contribution in [3.05, 3.63) is 0 Å². The fourth-order valence-corrected chi connectivity index (χ4v) is 1.09. The van der Waals surface area contributed by atoms with E-state index in [-0.39, 0.29) is 11.8 Å². The second-order valence-electron chi connectivity index (χ2n) is 3.06. The molecule has 0 bridgehead atoms. The molecule has 3 nitrogen and oxygen atoms in total. The van der Waals surface area contributed by atoms with Crippen LogP contribution in [0.3, 0.4) is 0 Å². The fourth-order valence-electron chi connectivity index (χ4n) is 0.991. The minimum atomic E-state index is -0.498. The number of hydrogen-bond donors (Lipinski definition) is 1. The van der Waals surface area contributed by atoms with Crippen LogP contribution in [0.5, 0.6) is 0 Å². The molecule has 0 radical (unpaired) electrons. The van der Waals surface area contributed by atoms with Gasteiger partial charge in [0.2, 0.25) is 0 Å². The largest absolute Gasteiger partial charge is 0.391 e. The molecule has 0 amide bonds. The van der Waals surface area contributed by atoms with Gasteiger partial charge in [0.15, 0.2) is 0 Å². The lowest BCUT2D eigenvalue weighted by Gasteiger charge is -2.19. The van der Waals surface area contributed by atoms with Gasteiger partial charge in [0, 0.05) is 19.0 Å². The van der Waals surface area contributed by atoms with Crippen molar-refractivity contribution >= 4 is 11.6 Å². The number of likely N-dealkylation sites (N-methyl/N-ethyl adjacent to an activating group) is 1. The molecule has 70 valence electrons. The average molecular weight is 191 g/mol. The van der Waals surface area contributed by atoms with Crippen LogP contribution in [0.15, 0.2) is 0 Å². The highest BCUT2D eigenvalue weighted by molar-refractivity contribution is 6.18. The summed E-state index contributed by atoms with van der Waals surface area (Å²) in [6.45, 7) is 3.05. The molecule has 0 rings (SSSR count). The number of nitrogens with zero attached hydrogens (tertiary/aromatic N) is 2. The number of halogens is 1. The van der Waals surface area contributed by atoms with Crippen LogP contribution in [0.4, 0.5) is 0 Å². The predicted molar refractivity (Wildman–Crippen MR) is 49.0 cm³/mol. The van der Waals surface area contributed by atoms with E-state index in [1.165, 1.54) is 0 Å². The van der Waals surface area contributed by atoms with Crippen LogP contribution in [-0.2, 0) is 0 Å². The Kier molecular flexibility index (Phi) is 6.09. The first-order valence-electron chi connectivity index (χ1n) is 3.92. The van der Waals surface area contributed by atoms with E-state index in [4.69, 9.17) is 22.0 Å². The maximum atomic E-state index is 9.16. The predicted octanol–water partition coefficient (Wildman–Crippen LogP) is 0.678. The number of alkyl halides is 1. The van der Waals surface area contributed by atoms with Crippen LogP contribution in [0, 0.1) is 17.2 Å². The summed E-state index contributed by atoms with van der Waals surface area (Å²) >= 11 is 5.42. The van der Waals surface area contributed by atoms with Gasteiger partial charge in [0.1, 0.15) is 0 Å². The zero-order valence-electron chi connectivity index (χ0n) is 7.50. The van der Waals surface area contributed by atoms with Crippen molar-refractivity contribution in [1.29, 1.82) is 5.26 Å². The molecule has 2 unspecified atom stereocenters. The Morgan fingerprint density at radius 2 is 2.17 bits per heavy atom. The normalized spacial score (nSPS) is 15.7. The van der Waals surface area contributed by atoms with Crippen LogP contribution in [0.1, 0.15) is 6.92 Å². The summed E-state index contributed by atoms with van der Waals surface area (Å²) in [6.07, 6.45) is -0.498. The Hall–Kier alpha value is -0.300. The number of aliphatic hydroxyl groups excluding tert-OH is 1. The molecule has 4 heteroatoms. The quantitative estimate of drug-likeness (QED) is 0.649. The van der Waals surface area contributed by atoms with Gasteiger partial charge in [-0.25, -0.2) is 0 Å². The van der Waals surface area contributed by atoms with Crippen LogP contribution in [0.2, 0.25) is 0 Å². The summed E-state index contributed by atoms with van der Waals surface area (Å²) in [7, 11) is 1.86. The molecule has 0 aliphatic carbocycles. The molecule has 0 aromatic heterocycles. The Morgan fingerprint density at radius 1 is 1.58 bits per heavy atom. The highest BCUT2D eigenvalue weighted by Crippen LogP contribution is 1.98. The Morgan fingerprint density at radius 3 is 2.58 bits per heavy atom. The SMILES string of the molecule is CC(C#N)CN(C)CC(O)CCl. The standard InChI is InChI=1S/C8H15ClN2O/c1-7(4-10)5-11(2)6-8(12)3-9/h7-8,12H,3,5-6H2,1-2H3. The molecule has 0 saturated heterocycles. The monoisotopic (exact) mass is 190 g/mol. The van der Waals surface area contributed by atoms with Crippen LogP contribution < -0.4 is 0 Å². The lowest BCUT2D eigenvalue weighted by atomic mass is 10.2. The van der Waals surface area contributed by atoms with E-state index in [1.54, 1.807) is 0 Å². The summed E-state index contributed by atoms with van der Waals surface area (Å²) in [5, 5.41) is 17.7. The molecule has 0 spiro atoms. The zero-order valence-corrected chi connectivity index (χ0v) is 8.25. The van der Waals surface area contributed by atoms with Gasteiger partial charge >= 0.3 is 0 Å². The van der Waals surface area contributed by atoms with Crippen molar-refractivity contribution in [2.75, 3.05) is 26.0 Å². The molecule has 0 aromatic carbocycles. The van der Waals surface area contributed by atoms with E-state index >= 15 is 0 Å². The van der Waals surface area contributed by atoms with Gasteiger partial charge < -0.3 is 10.0 Å². The highest BCUT2D eigenvalue weighted by Gasteiger charge is 2.09. The van der Waals surface area contributed by atoms with E-state index in [0.717, 1.165) is 0 Å². The van der Waals surface area contributed by atoms with Gasteiger partial charge in [0.05, 0.1) is 18.1 Å². The minimum absolute atomic E-state index is 0.00229. The van der Waals surface area contributed by atoms with E-state index in [2.05, 4.69) is 6.07 Å². The molecule has 0 aliphatic heterocycles. The van der Waals surface area contributed by atoms with Gasteiger partial charge in [-0.3, -0.25) is 0 Å². The molecular formula is C8H15ClN2O. The Balaban J connectivity index is 3.60. The summed E-state index contributed by atoms with van der Waals surface area (Å²) in [4.78, 5) is 1.90. The lowest BCUT2D eigenvalue weighted by Crippen LogP contribution is -2.32. The molecule has 2 atom stereocenters. The molecule has 0 aromatic rings. The van der Waals surface area contributed by atoms with Crippen molar-refractivity contribution in [3.63, 3.8) is 0 Å². The van der Waals surface area contributed by atoms with Gasteiger partial charge in [-0.05, 0) is 14.0 Å². The minimum Gasteiger partial charge on any atom is -0.391 e. The van der Waals surface area contributed by atoms with Gasteiger partial charge in [-0.2, -0.15) is 5.26 Å². The number of aliphatic hydroxyl groups is 1. The smallest absolute Gasteiger partial charge is 0.0802 e. The van der Waals surface area contributed by atoms with E-state index < -0.39 is 6.10 Å². The first-order chi connectivity index (χ1) is 5.60. The molecular weight excluding hydrogens is 176 g/mol. The van der Waals surface area contributed by atoms with E-state index in [1.807, 2.05) is 18.9 Å². The van der Waals surface area contributed by atoms with Crippen molar-refractivity contribution in [1.82, 2.24) is 4.90 Å². The second-order valence-corrected chi connectivity index (χ2v) is 3.37. The summed E-state index contributed by atoms with van der Waals surface area (Å²) in [5.74, 6) is 0.239. The van der Waals surface area contributed by atoms with Crippen LogP contribution >= 0.6 is 11.6 Å². The third-order valence-corrected chi connectivity index (χ3v) is 1.86. The molecule has 1 N–H and O–H groups in total. The molecule has 0 heterocycles. The summed E-state index contributed by atoms with van der Waals surface area (Å²) in [6, 6.07) is 2.13. The van der Waals surface area contributed by atoms with Crippen molar-refractivity contribution in [2.24, 2.45) is 5.92 Å². The van der Waals surface area contributed by atoms with E-state index in [0.29, 0.717) is 13.1 Å². The van der Waals surface area contributed by atoms with Gasteiger partial charge in [-0.1, -0.05) is 0 Å². The number of rotatable bonds is 5. The van der Waals surface area contributed by atoms with E-state index in [9.17, 15) is 0 Å². The van der Waals surface area contributed by atoms with Crippen molar-refractivity contribution in [3.8, 4) is 6.07 Å². The maximum absolute atomic E-state index is 9.16. The Bertz CT molecular complexity index is 158. The van der Waals surface area contributed by atoms with Gasteiger partial charge in [-0.15, -0.1) is 11.6 Å². The summed E-state index contributed by atoms with van der Waals surface area (Å²) < 4.78 is 0. The molecule has 0 fully saturated rings. The first-order valence-corrected chi connectivity index (χ1v) is 4.45. The topological polar surface area (TPSA) is 47.3 Å². The van der Waals surface area contributed by atoms with Crippen LogP contribution in [0.25, 0.3) is 0 Å². The lowest BCUT2D eigenvalue weighted by molar-refractivity contribution is 0.140. The Labute approximate surface area is 78.5 Å². The molecule has 12 heavy (non-hydrogen) atoms. The zero-order chi connectivity index (χ0) is 9.56. The van der Waals surface area contributed by atoms with Crippen molar-refractivity contribution in [2.45, 2.75) is 13.0 Å². The molecule has 0 aliphatic rings. The third kappa shape index (κ3) is 5.36. The first kappa shape index (κ1) is 11.7. The van der Waals surface area contributed by atoms with Gasteiger partial charge in [0.25, 0.3) is 0 Å². The molecule has 0 saturated carbocycles. The second kappa shape index (κ2) is 6.24. The number of hydrogen-bond acceptors (Lipinski definition) is 3. The number of nitriles is 1. The third-order valence-electron chi connectivity index (χ3n) is 1.51. The van der Waals surface area contributed by atoms with Crippen molar-refractivity contribution < 1.29 is 5.11 Å². The summed E-state index contributed by atoms with van der Waals surface area (Å²) in [5.41, 5.74) is 0. The average Bonchev–Trinajstić information content (AvgIpc) is 2.03. The fraction of sp³-hybridized carbons (Fsp3) is 0.875. The highest BCUT2D eigenvalue weighted by atomic mass is 35.5.